The fraction of sp³-hybridized carbons (Fsp3) is 0.0769. The number of anilines is 1. The minimum atomic E-state index is -0.703. The standard InChI is InChI=1S/C13H8Cl2F3N/c14-11-4-10(5-12(15)13(11)18)19-6-7-1-8(16)3-9(17)2-7/h1-5,19H,6H2. The minimum Gasteiger partial charge on any atom is -0.381 e. The summed E-state index contributed by atoms with van der Waals surface area (Å²) in [6.07, 6.45) is 0. The molecule has 1 nitrogen and oxygen atoms in total. The lowest BCUT2D eigenvalue weighted by Crippen LogP contribution is -2.01. The number of rotatable bonds is 3. The quantitative estimate of drug-likeness (QED) is 0.785. The molecule has 0 radical (unpaired) electrons. The number of halogens is 5. The highest BCUT2D eigenvalue weighted by Crippen LogP contribution is 2.27. The van der Waals surface area contributed by atoms with Gasteiger partial charge in [0.15, 0.2) is 5.82 Å². The van der Waals surface area contributed by atoms with Crippen LogP contribution in [0.15, 0.2) is 30.3 Å². The van der Waals surface area contributed by atoms with Crippen molar-refractivity contribution in [2.45, 2.75) is 6.54 Å². The van der Waals surface area contributed by atoms with Crippen LogP contribution in [0.5, 0.6) is 0 Å². The van der Waals surface area contributed by atoms with Gasteiger partial charge in [-0.25, -0.2) is 13.2 Å². The van der Waals surface area contributed by atoms with Gasteiger partial charge in [0.1, 0.15) is 11.6 Å². The predicted octanol–water partition coefficient (Wildman–Crippen LogP) is 5.02. The highest BCUT2D eigenvalue weighted by molar-refractivity contribution is 6.35. The van der Waals surface area contributed by atoms with Crippen molar-refractivity contribution in [3.63, 3.8) is 0 Å². The van der Waals surface area contributed by atoms with Crippen LogP contribution >= 0.6 is 23.2 Å². The fourth-order valence-corrected chi connectivity index (χ4v) is 2.06. The van der Waals surface area contributed by atoms with Gasteiger partial charge in [-0.05, 0) is 29.8 Å². The second-order valence-corrected chi connectivity index (χ2v) is 4.70. The molecule has 0 saturated carbocycles. The SMILES string of the molecule is Fc1cc(F)cc(CNc2cc(Cl)c(F)c(Cl)c2)c1. The molecule has 0 atom stereocenters. The molecule has 2 aromatic carbocycles. The zero-order valence-corrected chi connectivity index (χ0v) is 11.0. The van der Waals surface area contributed by atoms with E-state index < -0.39 is 17.5 Å². The highest BCUT2D eigenvalue weighted by atomic mass is 35.5. The third-order valence-corrected chi connectivity index (χ3v) is 2.95. The summed E-state index contributed by atoms with van der Waals surface area (Å²) in [5, 5.41) is 2.61. The Morgan fingerprint density at radius 1 is 0.842 bits per heavy atom. The molecule has 2 rings (SSSR count). The van der Waals surface area contributed by atoms with Gasteiger partial charge in [-0.3, -0.25) is 0 Å². The topological polar surface area (TPSA) is 12.0 Å². The van der Waals surface area contributed by atoms with Gasteiger partial charge in [-0.1, -0.05) is 23.2 Å². The van der Waals surface area contributed by atoms with Gasteiger partial charge >= 0.3 is 0 Å². The minimum absolute atomic E-state index is 0.125. The van der Waals surface area contributed by atoms with Gasteiger partial charge in [0.25, 0.3) is 0 Å². The molecule has 0 aliphatic carbocycles. The predicted molar refractivity (Wildman–Crippen MR) is 70.1 cm³/mol. The summed E-state index contributed by atoms with van der Waals surface area (Å²) in [4.78, 5) is 0. The van der Waals surface area contributed by atoms with Gasteiger partial charge in [-0.2, -0.15) is 0 Å². The van der Waals surface area contributed by atoms with Crippen molar-refractivity contribution in [2.24, 2.45) is 0 Å². The summed E-state index contributed by atoms with van der Waals surface area (Å²) >= 11 is 11.3. The van der Waals surface area contributed by atoms with Gasteiger partial charge < -0.3 is 5.32 Å². The van der Waals surface area contributed by atoms with Crippen LogP contribution in [0.4, 0.5) is 18.9 Å². The van der Waals surface area contributed by atoms with Crippen LogP contribution in [0.3, 0.4) is 0 Å². The summed E-state index contributed by atoms with van der Waals surface area (Å²) < 4.78 is 39.1. The lowest BCUT2D eigenvalue weighted by atomic mass is 10.2. The first-order valence-electron chi connectivity index (χ1n) is 5.29. The Morgan fingerprint density at radius 2 is 1.37 bits per heavy atom. The molecule has 19 heavy (non-hydrogen) atoms. The van der Waals surface area contributed by atoms with Crippen LogP contribution in [0.25, 0.3) is 0 Å². The van der Waals surface area contributed by atoms with Gasteiger partial charge in [0.05, 0.1) is 10.0 Å². The average Bonchev–Trinajstić information content (AvgIpc) is 2.32. The molecule has 0 unspecified atom stereocenters. The van der Waals surface area contributed by atoms with Crippen LogP contribution in [0.2, 0.25) is 10.0 Å². The van der Waals surface area contributed by atoms with Crippen LogP contribution in [-0.2, 0) is 6.54 Å². The van der Waals surface area contributed by atoms with Crippen molar-refractivity contribution in [2.75, 3.05) is 5.32 Å². The van der Waals surface area contributed by atoms with Crippen LogP contribution in [0, 0.1) is 17.5 Å². The van der Waals surface area contributed by atoms with Gasteiger partial charge in [0.2, 0.25) is 0 Å². The van der Waals surface area contributed by atoms with Crippen LogP contribution < -0.4 is 5.32 Å². The Bertz CT molecular complexity index is 574. The normalized spacial score (nSPS) is 10.6. The van der Waals surface area contributed by atoms with E-state index in [1.165, 1.54) is 24.3 Å². The Labute approximate surface area is 118 Å². The number of benzene rings is 2. The molecule has 0 fully saturated rings. The van der Waals surface area contributed by atoms with E-state index in [0.29, 0.717) is 11.3 Å². The van der Waals surface area contributed by atoms with Gasteiger partial charge in [0, 0.05) is 18.3 Å². The first-order valence-corrected chi connectivity index (χ1v) is 6.04. The highest BCUT2D eigenvalue weighted by Gasteiger charge is 2.07. The van der Waals surface area contributed by atoms with E-state index in [0.717, 1.165) is 6.07 Å². The molecule has 1 N–H and O–H groups in total. The Kier molecular flexibility index (Phi) is 4.22. The van der Waals surface area contributed by atoms with E-state index in [1.807, 2.05) is 0 Å². The molecule has 0 heterocycles. The third-order valence-electron chi connectivity index (χ3n) is 2.40. The molecular weight excluding hydrogens is 298 g/mol. The van der Waals surface area contributed by atoms with E-state index in [-0.39, 0.29) is 16.6 Å². The van der Waals surface area contributed by atoms with Crippen molar-refractivity contribution in [1.29, 1.82) is 0 Å². The molecule has 0 aliphatic heterocycles. The lowest BCUT2D eigenvalue weighted by molar-refractivity contribution is 0.580. The van der Waals surface area contributed by atoms with E-state index in [2.05, 4.69) is 5.32 Å². The van der Waals surface area contributed by atoms with Crippen molar-refractivity contribution >= 4 is 28.9 Å². The first-order chi connectivity index (χ1) is 8.95. The van der Waals surface area contributed by atoms with E-state index in [1.54, 1.807) is 0 Å². The molecule has 0 amide bonds. The van der Waals surface area contributed by atoms with Crippen LogP contribution in [-0.4, -0.2) is 0 Å². The summed E-state index contributed by atoms with van der Waals surface area (Å²) in [6.45, 7) is 0.160. The Morgan fingerprint density at radius 3 is 1.89 bits per heavy atom. The fourth-order valence-electron chi connectivity index (χ4n) is 1.57. The monoisotopic (exact) mass is 305 g/mol. The second kappa shape index (κ2) is 5.72. The molecular formula is C13H8Cl2F3N. The number of hydrogen-bond acceptors (Lipinski definition) is 1. The summed E-state index contributed by atoms with van der Waals surface area (Å²) in [5.74, 6) is -2.02. The van der Waals surface area contributed by atoms with E-state index in [4.69, 9.17) is 23.2 Å². The molecule has 0 aliphatic rings. The molecule has 100 valence electrons. The average molecular weight is 306 g/mol. The molecule has 0 bridgehead atoms. The van der Waals surface area contributed by atoms with Crippen molar-refractivity contribution in [3.8, 4) is 0 Å². The van der Waals surface area contributed by atoms with Crippen molar-refractivity contribution in [1.82, 2.24) is 0 Å². The summed E-state index contributed by atoms with van der Waals surface area (Å²) in [7, 11) is 0. The molecule has 0 aromatic heterocycles. The zero-order valence-electron chi connectivity index (χ0n) is 9.48. The second-order valence-electron chi connectivity index (χ2n) is 3.89. The zero-order chi connectivity index (χ0) is 14.0. The van der Waals surface area contributed by atoms with E-state index in [9.17, 15) is 13.2 Å². The number of hydrogen-bond donors (Lipinski definition) is 1. The van der Waals surface area contributed by atoms with Crippen molar-refractivity contribution in [3.05, 3.63) is 63.4 Å². The maximum absolute atomic E-state index is 13.2. The molecule has 0 spiro atoms. The molecule has 6 heteroatoms. The molecule has 2 aromatic rings. The first kappa shape index (κ1) is 14.0. The maximum atomic E-state index is 13.2. The smallest absolute Gasteiger partial charge is 0.160 e. The van der Waals surface area contributed by atoms with Crippen LogP contribution in [0.1, 0.15) is 5.56 Å². The third kappa shape index (κ3) is 3.55. The van der Waals surface area contributed by atoms with Gasteiger partial charge in [-0.15, -0.1) is 0 Å². The summed E-state index contributed by atoms with van der Waals surface area (Å²) in [6, 6.07) is 5.87. The summed E-state index contributed by atoms with van der Waals surface area (Å²) in [5.41, 5.74) is 0.870. The largest absolute Gasteiger partial charge is 0.381 e. The lowest BCUT2D eigenvalue weighted by Gasteiger charge is -2.08. The van der Waals surface area contributed by atoms with E-state index >= 15 is 0 Å². The van der Waals surface area contributed by atoms with Crippen molar-refractivity contribution < 1.29 is 13.2 Å². The maximum Gasteiger partial charge on any atom is 0.160 e. The Balaban J connectivity index is 2.14. The Hall–Kier alpha value is -1.39. The number of nitrogens with one attached hydrogen (secondary N) is 1. The molecule has 0 saturated heterocycles.